The monoisotopic (exact) mass is 414 g/mol. The number of nitrogens with zero attached hydrogens (tertiary/aromatic N) is 2. The number of aromatic nitrogens is 2. The first-order valence-corrected chi connectivity index (χ1v) is 9.00. The van der Waals surface area contributed by atoms with Gasteiger partial charge >= 0.3 is 0 Å². The van der Waals surface area contributed by atoms with Crippen LogP contribution in [0, 0.1) is 19.3 Å². The molecule has 0 radical (unpaired) electrons. The van der Waals surface area contributed by atoms with Crippen molar-refractivity contribution < 1.29 is 9.47 Å². The summed E-state index contributed by atoms with van der Waals surface area (Å²) in [6.45, 7) is 1.97. The van der Waals surface area contributed by atoms with Gasteiger partial charge in [-0.05, 0) is 42.3 Å². The third kappa shape index (κ3) is 4.14. The minimum Gasteiger partial charge on any atom is -0.493 e. The largest absolute Gasteiger partial charge is 0.493 e. The summed E-state index contributed by atoms with van der Waals surface area (Å²) in [4.78, 5) is 16.8. The number of hydrogen-bond acceptors (Lipinski definition) is 4. The van der Waals surface area contributed by atoms with Gasteiger partial charge < -0.3 is 9.47 Å². The van der Waals surface area contributed by atoms with Gasteiger partial charge in [-0.1, -0.05) is 35.2 Å². The molecule has 7 heteroatoms. The summed E-state index contributed by atoms with van der Waals surface area (Å²) in [5.41, 5.74) is 2.26. The zero-order chi connectivity index (χ0) is 20.3. The van der Waals surface area contributed by atoms with Crippen molar-refractivity contribution in [2.45, 2.75) is 6.92 Å². The lowest BCUT2D eigenvalue weighted by Gasteiger charge is -2.12. The number of pyridine rings is 1. The van der Waals surface area contributed by atoms with Crippen LogP contribution in [0.1, 0.15) is 16.8 Å². The molecule has 0 aliphatic rings. The number of aryl methyl sites for hydroxylation is 1. The molecule has 0 aliphatic heterocycles. The Hall–Kier alpha value is -2.94. The van der Waals surface area contributed by atoms with Crippen molar-refractivity contribution in [3.63, 3.8) is 0 Å². The van der Waals surface area contributed by atoms with Gasteiger partial charge in [0.05, 0.1) is 22.9 Å². The lowest BCUT2D eigenvalue weighted by atomic mass is 10.1. The zero-order valence-electron chi connectivity index (χ0n) is 15.2. The zero-order valence-corrected chi connectivity index (χ0v) is 16.7. The summed E-state index contributed by atoms with van der Waals surface area (Å²) in [7, 11) is 1.50. The number of methoxy groups -OCH3 is 1. The number of rotatable bonds is 5. The molecule has 3 rings (SSSR count). The Morgan fingerprint density at radius 1 is 1.36 bits per heavy atom. The molecule has 0 unspecified atom stereocenters. The van der Waals surface area contributed by atoms with Crippen LogP contribution in [0.15, 0.2) is 41.3 Å². The van der Waals surface area contributed by atoms with Crippen LogP contribution in [-0.4, -0.2) is 23.1 Å². The molecular weight excluding hydrogens is 399 g/mol. The van der Waals surface area contributed by atoms with E-state index in [1.165, 1.54) is 17.6 Å². The molecule has 2 heterocycles. The van der Waals surface area contributed by atoms with Crippen molar-refractivity contribution in [1.29, 1.82) is 0 Å². The smallest absolute Gasteiger partial charge is 0.258 e. The second-order valence-corrected chi connectivity index (χ2v) is 6.75. The van der Waals surface area contributed by atoms with E-state index in [-0.39, 0.29) is 17.2 Å². The maximum absolute atomic E-state index is 12.4. The van der Waals surface area contributed by atoms with Crippen molar-refractivity contribution in [1.82, 2.24) is 9.38 Å². The SMILES string of the molecule is C#CCOc1c(Cl)cc(/C=C(\Cl)c2cc(=O)n3cc(C)ccc3n2)cc1OC. The van der Waals surface area contributed by atoms with E-state index in [1.807, 2.05) is 13.0 Å². The summed E-state index contributed by atoms with van der Waals surface area (Å²) < 4.78 is 12.2. The van der Waals surface area contributed by atoms with Crippen LogP contribution < -0.4 is 15.0 Å². The summed E-state index contributed by atoms with van der Waals surface area (Å²) >= 11 is 12.7. The third-order valence-corrected chi connectivity index (χ3v) is 4.48. The highest BCUT2D eigenvalue weighted by molar-refractivity contribution is 6.51. The molecule has 0 saturated carbocycles. The van der Waals surface area contributed by atoms with Crippen LogP contribution in [0.25, 0.3) is 16.8 Å². The number of halogens is 2. The predicted octanol–water partition coefficient (Wildman–Crippen LogP) is 4.41. The van der Waals surface area contributed by atoms with Crippen LogP contribution >= 0.6 is 23.2 Å². The van der Waals surface area contributed by atoms with E-state index in [0.717, 1.165) is 5.56 Å². The van der Waals surface area contributed by atoms with Gasteiger partial charge in [0, 0.05) is 12.3 Å². The first-order valence-electron chi connectivity index (χ1n) is 8.24. The molecule has 0 spiro atoms. The molecule has 0 bridgehead atoms. The van der Waals surface area contributed by atoms with Gasteiger partial charge in [-0.3, -0.25) is 9.20 Å². The van der Waals surface area contributed by atoms with Crippen LogP contribution in [0.3, 0.4) is 0 Å². The van der Waals surface area contributed by atoms with Crippen molar-refractivity contribution in [2.24, 2.45) is 0 Å². The minimum atomic E-state index is -0.219. The molecule has 5 nitrogen and oxygen atoms in total. The molecule has 0 aliphatic carbocycles. The van der Waals surface area contributed by atoms with Gasteiger partial charge in [0.15, 0.2) is 11.5 Å². The number of hydrogen-bond donors (Lipinski definition) is 0. The molecule has 2 aromatic heterocycles. The van der Waals surface area contributed by atoms with Gasteiger partial charge in [0.1, 0.15) is 12.3 Å². The van der Waals surface area contributed by atoms with Crippen molar-refractivity contribution in [3.05, 3.63) is 68.7 Å². The number of terminal acetylenes is 1. The number of fused-ring (bicyclic) bond motifs is 1. The Labute approximate surface area is 172 Å². The highest BCUT2D eigenvalue weighted by Crippen LogP contribution is 2.37. The molecule has 0 amide bonds. The van der Waals surface area contributed by atoms with E-state index in [2.05, 4.69) is 10.9 Å². The van der Waals surface area contributed by atoms with Gasteiger partial charge in [-0.15, -0.1) is 6.42 Å². The third-order valence-electron chi connectivity index (χ3n) is 3.90. The van der Waals surface area contributed by atoms with Crippen LogP contribution in [0.4, 0.5) is 0 Å². The Bertz CT molecular complexity index is 1180. The lowest BCUT2D eigenvalue weighted by molar-refractivity contribution is 0.331. The average molecular weight is 415 g/mol. The average Bonchev–Trinajstić information content (AvgIpc) is 2.67. The Balaban J connectivity index is 2.03. The van der Waals surface area contributed by atoms with E-state index < -0.39 is 0 Å². The molecule has 0 saturated heterocycles. The second-order valence-electron chi connectivity index (χ2n) is 5.93. The van der Waals surface area contributed by atoms with Gasteiger partial charge in [-0.2, -0.15) is 0 Å². The van der Waals surface area contributed by atoms with E-state index in [1.54, 1.807) is 30.5 Å². The van der Waals surface area contributed by atoms with E-state index in [0.29, 0.717) is 33.4 Å². The maximum Gasteiger partial charge on any atom is 0.258 e. The summed E-state index contributed by atoms with van der Waals surface area (Å²) in [6, 6.07) is 8.39. The maximum atomic E-state index is 12.4. The first kappa shape index (κ1) is 19.8. The summed E-state index contributed by atoms with van der Waals surface area (Å²) in [5.74, 6) is 3.15. The highest BCUT2D eigenvalue weighted by Gasteiger charge is 2.12. The molecule has 0 fully saturated rings. The lowest BCUT2D eigenvalue weighted by Crippen LogP contribution is -2.15. The first-order chi connectivity index (χ1) is 13.4. The molecular formula is C21H16Cl2N2O3. The Morgan fingerprint density at radius 3 is 2.86 bits per heavy atom. The molecule has 142 valence electrons. The molecule has 3 aromatic rings. The second kappa shape index (κ2) is 8.39. The molecule has 0 atom stereocenters. The fourth-order valence-electron chi connectivity index (χ4n) is 2.63. The van der Waals surface area contributed by atoms with Crippen molar-refractivity contribution >= 4 is 40.0 Å². The fourth-order valence-corrected chi connectivity index (χ4v) is 3.13. The normalized spacial score (nSPS) is 11.3. The van der Waals surface area contributed by atoms with Crippen molar-refractivity contribution in [2.75, 3.05) is 13.7 Å². The van der Waals surface area contributed by atoms with Gasteiger partial charge in [-0.25, -0.2) is 4.98 Å². The van der Waals surface area contributed by atoms with Crippen molar-refractivity contribution in [3.8, 4) is 23.8 Å². The van der Waals surface area contributed by atoms with Crippen LogP contribution in [-0.2, 0) is 0 Å². The Morgan fingerprint density at radius 2 is 2.14 bits per heavy atom. The standard InChI is InChI=1S/C21H16Cl2N2O3/c1-4-7-28-21-16(23)9-14(10-18(21)27-3)8-15(22)17-11-20(26)25-12-13(2)5-6-19(25)24-17/h1,5-6,8-12H,7H2,2-3H3/b15-8-. The van der Waals surface area contributed by atoms with E-state index in [4.69, 9.17) is 39.1 Å². The number of benzene rings is 1. The molecule has 28 heavy (non-hydrogen) atoms. The van der Waals surface area contributed by atoms with Crippen LogP contribution in [0.2, 0.25) is 5.02 Å². The van der Waals surface area contributed by atoms with Gasteiger partial charge in [0.25, 0.3) is 5.56 Å². The predicted molar refractivity (Wildman–Crippen MR) is 112 cm³/mol. The quantitative estimate of drug-likeness (QED) is 0.580. The van der Waals surface area contributed by atoms with Gasteiger partial charge in [0.2, 0.25) is 0 Å². The van der Waals surface area contributed by atoms with Crippen LogP contribution in [0.5, 0.6) is 11.5 Å². The molecule has 1 aromatic carbocycles. The molecule has 0 N–H and O–H groups in total. The summed E-state index contributed by atoms with van der Waals surface area (Å²) in [6.07, 6.45) is 8.59. The fraction of sp³-hybridized carbons (Fsp3) is 0.143. The number of ether oxygens (including phenoxy) is 2. The highest BCUT2D eigenvalue weighted by atomic mass is 35.5. The van der Waals surface area contributed by atoms with E-state index >= 15 is 0 Å². The topological polar surface area (TPSA) is 52.8 Å². The van der Waals surface area contributed by atoms with E-state index in [9.17, 15) is 4.79 Å². The minimum absolute atomic E-state index is 0.0659. The Kier molecular flexibility index (Phi) is 5.93. The summed E-state index contributed by atoms with van der Waals surface area (Å²) in [5, 5.41) is 0.614.